The van der Waals surface area contributed by atoms with Crippen LogP contribution in [0, 0.1) is 5.92 Å². The molecule has 6 heteroatoms. The highest BCUT2D eigenvalue weighted by atomic mass is 19.3. The van der Waals surface area contributed by atoms with Gasteiger partial charge in [0.2, 0.25) is 5.92 Å². The molecule has 23 heavy (non-hydrogen) atoms. The molecule has 1 unspecified atom stereocenters. The molecule has 0 radical (unpaired) electrons. The summed E-state index contributed by atoms with van der Waals surface area (Å²) in [7, 11) is 0. The van der Waals surface area contributed by atoms with Gasteiger partial charge in [-0.1, -0.05) is 18.0 Å². The number of aryl methyl sites for hydroxylation is 1. The number of fused-ring (bicyclic) bond motifs is 1. The van der Waals surface area contributed by atoms with Gasteiger partial charge < -0.3 is 9.84 Å². The summed E-state index contributed by atoms with van der Waals surface area (Å²) in [6, 6.07) is 0. The largest absolute Gasteiger partial charge is 0.360 e. The molecule has 4 nitrogen and oxygen atoms in total. The first-order valence-corrected chi connectivity index (χ1v) is 8.68. The van der Waals surface area contributed by atoms with E-state index in [1.54, 1.807) is 0 Å². The van der Waals surface area contributed by atoms with E-state index in [1.807, 2.05) is 0 Å². The fraction of sp³-hybridized carbons (Fsp3) is 0.765. The summed E-state index contributed by atoms with van der Waals surface area (Å²) in [4.78, 5) is 12.4. The zero-order chi connectivity index (χ0) is 16.3. The van der Waals surface area contributed by atoms with Crippen LogP contribution in [0.2, 0.25) is 0 Å². The first-order chi connectivity index (χ1) is 11.1. The van der Waals surface area contributed by atoms with Gasteiger partial charge in [0.25, 0.3) is 5.91 Å². The normalized spacial score (nSPS) is 24.3. The number of nitrogens with zero attached hydrogens (tertiary/aromatic N) is 1. The molecule has 0 spiro atoms. The molecule has 1 atom stereocenters. The van der Waals surface area contributed by atoms with Crippen LogP contribution in [0.25, 0.3) is 0 Å². The summed E-state index contributed by atoms with van der Waals surface area (Å²) in [6.07, 6.45) is 6.79. The van der Waals surface area contributed by atoms with Crippen LogP contribution in [-0.4, -0.2) is 23.5 Å². The third-order valence-electron chi connectivity index (χ3n) is 4.96. The molecule has 2 aliphatic rings. The van der Waals surface area contributed by atoms with Crippen LogP contribution in [0.5, 0.6) is 0 Å². The lowest BCUT2D eigenvalue weighted by molar-refractivity contribution is -0.0248. The van der Waals surface area contributed by atoms with E-state index >= 15 is 0 Å². The maximum absolute atomic E-state index is 13.6. The third kappa shape index (κ3) is 4.09. The van der Waals surface area contributed by atoms with Crippen molar-refractivity contribution in [3.8, 4) is 0 Å². The van der Waals surface area contributed by atoms with Crippen molar-refractivity contribution in [3.63, 3.8) is 0 Å². The van der Waals surface area contributed by atoms with Crippen molar-refractivity contribution in [2.45, 2.75) is 70.1 Å². The van der Waals surface area contributed by atoms with Crippen LogP contribution < -0.4 is 5.32 Å². The van der Waals surface area contributed by atoms with Crippen LogP contribution >= 0.6 is 0 Å². The molecule has 3 rings (SSSR count). The van der Waals surface area contributed by atoms with Crippen LogP contribution in [-0.2, 0) is 12.8 Å². The number of carbonyl (C=O) groups is 1. The van der Waals surface area contributed by atoms with E-state index in [9.17, 15) is 13.6 Å². The van der Waals surface area contributed by atoms with Gasteiger partial charge in [0.1, 0.15) is 5.76 Å². The molecule has 0 aromatic carbocycles. The summed E-state index contributed by atoms with van der Waals surface area (Å²) in [5.41, 5.74) is 1.26. The number of alkyl halides is 2. The van der Waals surface area contributed by atoms with E-state index in [-0.39, 0.29) is 31.2 Å². The molecule has 2 aliphatic carbocycles. The monoisotopic (exact) mass is 326 g/mol. The Morgan fingerprint density at radius 3 is 2.91 bits per heavy atom. The molecule has 1 N–H and O–H groups in total. The van der Waals surface area contributed by atoms with Crippen molar-refractivity contribution in [2.75, 3.05) is 6.54 Å². The minimum absolute atomic E-state index is 0.0335. The van der Waals surface area contributed by atoms with Crippen molar-refractivity contribution in [2.24, 2.45) is 5.92 Å². The zero-order valence-corrected chi connectivity index (χ0v) is 13.4. The van der Waals surface area contributed by atoms with E-state index in [1.165, 1.54) is 0 Å². The maximum atomic E-state index is 13.6. The number of rotatable bonds is 3. The molecule has 1 saturated carbocycles. The SMILES string of the molecule is O=C(NCC1CCCCC(F)(F)C1)c1noc2c1CCCCC2. The van der Waals surface area contributed by atoms with Gasteiger partial charge in [0.05, 0.1) is 0 Å². The fourth-order valence-corrected chi connectivity index (χ4v) is 3.68. The lowest BCUT2D eigenvalue weighted by atomic mass is 9.98. The van der Waals surface area contributed by atoms with Gasteiger partial charge in [-0.05, 0) is 38.0 Å². The van der Waals surface area contributed by atoms with Crippen molar-refractivity contribution < 1.29 is 18.1 Å². The molecular formula is C17H24F2N2O2. The number of amides is 1. The molecule has 0 saturated heterocycles. The Kier molecular flexibility index (Phi) is 4.97. The summed E-state index contributed by atoms with van der Waals surface area (Å²) in [5.74, 6) is -2.24. The molecule has 128 valence electrons. The summed E-state index contributed by atoms with van der Waals surface area (Å²) >= 11 is 0. The minimum atomic E-state index is -2.60. The smallest absolute Gasteiger partial charge is 0.273 e. The summed E-state index contributed by atoms with van der Waals surface area (Å²) < 4.78 is 32.6. The standard InChI is InChI=1S/C17H24F2N2O2/c18-17(19)9-5-4-6-12(10-17)11-20-16(22)15-13-7-2-1-3-8-14(13)23-21-15/h12H,1-11H2,(H,20,22). The average molecular weight is 326 g/mol. The van der Waals surface area contributed by atoms with Crippen LogP contribution in [0.1, 0.15) is 73.2 Å². The lowest BCUT2D eigenvalue weighted by Gasteiger charge is -2.19. The number of aromatic nitrogens is 1. The number of nitrogens with one attached hydrogen (secondary N) is 1. The Morgan fingerprint density at radius 2 is 2.04 bits per heavy atom. The predicted octanol–water partition coefficient (Wildman–Crippen LogP) is 3.89. The van der Waals surface area contributed by atoms with Crippen molar-refractivity contribution in [1.82, 2.24) is 10.5 Å². The Labute approximate surface area is 135 Å². The fourth-order valence-electron chi connectivity index (χ4n) is 3.68. The number of hydrogen-bond acceptors (Lipinski definition) is 3. The van der Waals surface area contributed by atoms with Gasteiger partial charge in [0.15, 0.2) is 5.69 Å². The van der Waals surface area contributed by atoms with Crippen LogP contribution in [0.15, 0.2) is 4.52 Å². The third-order valence-corrected chi connectivity index (χ3v) is 4.96. The highest BCUT2D eigenvalue weighted by Gasteiger charge is 2.34. The summed E-state index contributed by atoms with van der Waals surface area (Å²) in [6.45, 7) is 0.288. The first-order valence-electron chi connectivity index (χ1n) is 8.68. The topological polar surface area (TPSA) is 55.1 Å². The Morgan fingerprint density at radius 1 is 1.22 bits per heavy atom. The van der Waals surface area contributed by atoms with E-state index in [2.05, 4.69) is 10.5 Å². The van der Waals surface area contributed by atoms with Crippen molar-refractivity contribution in [3.05, 3.63) is 17.0 Å². The van der Waals surface area contributed by atoms with Gasteiger partial charge in [-0.2, -0.15) is 0 Å². The molecule has 1 aromatic heterocycles. The predicted molar refractivity (Wildman–Crippen MR) is 81.6 cm³/mol. The van der Waals surface area contributed by atoms with E-state index in [0.717, 1.165) is 56.3 Å². The molecule has 1 amide bonds. The molecule has 1 aromatic rings. The second-order valence-electron chi connectivity index (χ2n) is 6.88. The molecular weight excluding hydrogens is 302 g/mol. The Bertz CT molecular complexity index is 557. The van der Waals surface area contributed by atoms with Crippen LogP contribution in [0.4, 0.5) is 8.78 Å². The maximum Gasteiger partial charge on any atom is 0.273 e. The molecule has 1 heterocycles. The molecule has 0 aliphatic heterocycles. The van der Waals surface area contributed by atoms with E-state index in [4.69, 9.17) is 4.52 Å². The highest BCUT2D eigenvalue weighted by Crippen LogP contribution is 2.35. The lowest BCUT2D eigenvalue weighted by Crippen LogP contribution is -2.32. The van der Waals surface area contributed by atoms with E-state index in [0.29, 0.717) is 12.1 Å². The minimum Gasteiger partial charge on any atom is -0.360 e. The Hall–Kier alpha value is -1.46. The summed E-state index contributed by atoms with van der Waals surface area (Å²) in [5, 5.41) is 6.71. The van der Waals surface area contributed by atoms with Gasteiger partial charge in [0, 0.05) is 31.4 Å². The van der Waals surface area contributed by atoms with Gasteiger partial charge in [-0.3, -0.25) is 4.79 Å². The Balaban J connectivity index is 1.60. The number of carbonyl (C=O) groups excluding carboxylic acids is 1. The number of hydrogen-bond donors (Lipinski definition) is 1. The number of halogens is 2. The van der Waals surface area contributed by atoms with E-state index < -0.39 is 5.92 Å². The molecule has 1 fully saturated rings. The second kappa shape index (κ2) is 6.97. The zero-order valence-electron chi connectivity index (χ0n) is 13.4. The molecule has 0 bridgehead atoms. The second-order valence-corrected chi connectivity index (χ2v) is 6.88. The van der Waals surface area contributed by atoms with Gasteiger partial charge in [-0.25, -0.2) is 8.78 Å². The average Bonchev–Trinajstić information content (AvgIpc) is 2.68. The highest BCUT2D eigenvalue weighted by molar-refractivity contribution is 5.93. The quantitative estimate of drug-likeness (QED) is 0.677. The van der Waals surface area contributed by atoms with Gasteiger partial charge in [-0.15, -0.1) is 0 Å². The first kappa shape index (κ1) is 16.4. The van der Waals surface area contributed by atoms with Crippen molar-refractivity contribution in [1.29, 1.82) is 0 Å². The van der Waals surface area contributed by atoms with Crippen LogP contribution in [0.3, 0.4) is 0 Å². The van der Waals surface area contributed by atoms with Crippen molar-refractivity contribution >= 4 is 5.91 Å². The van der Waals surface area contributed by atoms with Gasteiger partial charge >= 0.3 is 0 Å².